The lowest BCUT2D eigenvalue weighted by molar-refractivity contribution is 0.101. The molecular formula is C11H11NO3S. The van der Waals surface area contributed by atoms with Crippen LogP contribution in [0, 0.1) is 0 Å². The summed E-state index contributed by atoms with van der Waals surface area (Å²) in [5.74, 6) is -0.0721. The van der Waals surface area contributed by atoms with Crippen molar-refractivity contribution in [1.82, 2.24) is 4.98 Å². The van der Waals surface area contributed by atoms with Gasteiger partial charge in [0.2, 0.25) is 0 Å². The lowest BCUT2D eigenvalue weighted by atomic mass is 10.2. The van der Waals surface area contributed by atoms with Crippen LogP contribution in [0.2, 0.25) is 0 Å². The van der Waals surface area contributed by atoms with Crippen LogP contribution in [0.4, 0.5) is 0 Å². The summed E-state index contributed by atoms with van der Waals surface area (Å²) < 4.78 is 22.7. The number of nitrogens with one attached hydrogen (secondary N) is 1. The third kappa shape index (κ3) is 1.86. The number of hydrogen-bond acceptors (Lipinski definition) is 3. The van der Waals surface area contributed by atoms with Crippen molar-refractivity contribution in [3.8, 4) is 0 Å². The van der Waals surface area contributed by atoms with Crippen LogP contribution in [0.1, 0.15) is 17.4 Å². The van der Waals surface area contributed by atoms with Gasteiger partial charge in [-0.3, -0.25) is 4.79 Å². The second-order valence-corrected chi connectivity index (χ2v) is 5.78. The molecule has 0 unspecified atom stereocenters. The maximum Gasteiger partial charge on any atom is 0.175 e. The Bertz CT molecular complexity index is 668. The van der Waals surface area contributed by atoms with Crippen LogP contribution in [0.25, 0.3) is 10.9 Å². The number of carbonyl (C=O) groups is 1. The number of hydrogen-bond donors (Lipinski definition) is 1. The molecule has 5 heteroatoms. The normalized spacial score (nSPS) is 11.9. The molecule has 1 N–H and O–H groups in total. The maximum absolute atomic E-state index is 11.3. The van der Waals surface area contributed by atoms with Gasteiger partial charge < -0.3 is 4.98 Å². The number of ketones is 1. The minimum Gasteiger partial charge on any atom is -0.352 e. The average molecular weight is 237 g/mol. The summed E-state index contributed by atoms with van der Waals surface area (Å²) in [6.45, 7) is 1.46. The summed E-state index contributed by atoms with van der Waals surface area (Å²) in [6, 6.07) is 6.41. The van der Waals surface area contributed by atoms with Crippen molar-refractivity contribution in [2.45, 2.75) is 11.8 Å². The van der Waals surface area contributed by atoms with Crippen LogP contribution in [-0.4, -0.2) is 25.4 Å². The molecule has 1 aromatic heterocycles. The van der Waals surface area contributed by atoms with Crippen molar-refractivity contribution < 1.29 is 13.2 Å². The Morgan fingerprint density at radius 2 is 1.94 bits per heavy atom. The van der Waals surface area contributed by atoms with E-state index in [1.807, 2.05) is 0 Å². The van der Waals surface area contributed by atoms with E-state index in [-0.39, 0.29) is 10.7 Å². The van der Waals surface area contributed by atoms with Gasteiger partial charge in [-0.2, -0.15) is 0 Å². The number of fused-ring (bicyclic) bond motifs is 1. The number of Topliss-reactive ketones (excluding diaryl/α,β-unsaturated/α-hetero) is 1. The number of aromatic amines is 1. The highest BCUT2D eigenvalue weighted by atomic mass is 32.2. The summed E-state index contributed by atoms with van der Waals surface area (Å²) in [7, 11) is -3.20. The average Bonchev–Trinajstić information content (AvgIpc) is 2.58. The molecule has 0 radical (unpaired) electrons. The molecule has 0 amide bonds. The molecule has 0 saturated carbocycles. The SMILES string of the molecule is CC(=O)c1cc2cc(S(C)(=O)=O)ccc2[nH]1. The molecule has 0 aliphatic rings. The van der Waals surface area contributed by atoms with Gasteiger partial charge in [-0.15, -0.1) is 0 Å². The second kappa shape index (κ2) is 3.45. The highest BCUT2D eigenvalue weighted by molar-refractivity contribution is 7.90. The van der Waals surface area contributed by atoms with E-state index in [1.165, 1.54) is 13.0 Å². The van der Waals surface area contributed by atoms with Gasteiger partial charge in [0.15, 0.2) is 15.6 Å². The van der Waals surface area contributed by atoms with Gasteiger partial charge in [0.1, 0.15) is 0 Å². The Kier molecular flexibility index (Phi) is 2.35. The Morgan fingerprint density at radius 3 is 2.50 bits per heavy atom. The number of rotatable bonds is 2. The summed E-state index contributed by atoms with van der Waals surface area (Å²) in [4.78, 5) is 14.3. The zero-order valence-electron chi connectivity index (χ0n) is 8.94. The van der Waals surface area contributed by atoms with E-state index in [2.05, 4.69) is 4.98 Å². The molecule has 0 aliphatic carbocycles. The van der Waals surface area contributed by atoms with E-state index in [0.717, 1.165) is 17.2 Å². The van der Waals surface area contributed by atoms with Crippen LogP contribution >= 0.6 is 0 Å². The molecular weight excluding hydrogens is 226 g/mol. The van der Waals surface area contributed by atoms with Gasteiger partial charge in [-0.25, -0.2) is 8.42 Å². The molecule has 0 fully saturated rings. The molecule has 1 aromatic carbocycles. The molecule has 0 atom stereocenters. The fraction of sp³-hybridized carbons (Fsp3) is 0.182. The van der Waals surface area contributed by atoms with E-state index in [4.69, 9.17) is 0 Å². The fourth-order valence-electron chi connectivity index (χ4n) is 1.53. The van der Waals surface area contributed by atoms with Crippen molar-refractivity contribution in [2.75, 3.05) is 6.26 Å². The third-order valence-electron chi connectivity index (χ3n) is 2.40. The predicted octanol–water partition coefficient (Wildman–Crippen LogP) is 1.77. The van der Waals surface area contributed by atoms with E-state index in [9.17, 15) is 13.2 Å². The van der Waals surface area contributed by atoms with Gasteiger partial charge >= 0.3 is 0 Å². The Hall–Kier alpha value is -1.62. The topological polar surface area (TPSA) is 67.0 Å². The van der Waals surface area contributed by atoms with Crippen molar-refractivity contribution in [3.05, 3.63) is 30.0 Å². The van der Waals surface area contributed by atoms with E-state index in [0.29, 0.717) is 5.69 Å². The smallest absolute Gasteiger partial charge is 0.175 e. The van der Waals surface area contributed by atoms with Crippen LogP contribution < -0.4 is 0 Å². The zero-order valence-corrected chi connectivity index (χ0v) is 9.76. The molecule has 0 spiro atoms. The lowest BCUT2D eigenvalue weighted by Gasteiger charge is -1.97. The first kappa shape index (κ1) is 10.9. The van der Waals surface area contributed by atoms with Gasteiger partial charge in [0.25, 0.3) is 0 Å². The highest BCUT2D eigenvalue weighted by Crippen LogP contribution is 2.20. The minimum absolute atomic E-state index is 0.0721. The molecule has 2 rings (SSSR count). The van der Waals surface area contributed by atoms with E-state index in [1.54, 1.807) is 18.2 Å². The van der Waals surface area contributed by atoms with Crippen molar-refractivity contribution in [2.24, 2.45) is 0 Å². The van der Waals surface area contributed by atoms with Gasteiger partial charge in [-0.1, -0.05) is 0 Å². The summed E-state index contributed by atoms with van der Waals surface area (Å²) in [5.41, 5.74) is 1.25. The van der Waals surface area contributed by atoms with E-state index >= 15 is 0 Å². The number of benzene rings is 1. The Labute approximate surface area is 93.2 Å². The van der Waals surface area contributed by atoms with Crippen LogP contribution in [0.3, 0.4) is 0 Å². The van der Waals surface area contributed by atoms with Crippen molar-refractivity contribution in [1.29, 1.82) is 0 Å². The first-order valence-corrected chi connectivity index (χ1v) is 6.61. The predicted molar refractivity (Wildman–Crippen MR) is 61.4 cm³/mol. The molecule has 16 heavy (non-hydrogen) atoms. The molecule has 0 saturated heterocycles. The van der Waals surface area contributed by atoms with Crippen LogP contribution in [0.15, 0.2) is 29.2 Å². The van der Waals surface area contributed by atoms with Gasteiger partial charge in [-0.05, 0) is 24.3 Å². The Balaban J connectivity index is 2.67. The second-order valence-electron chi connectivity index (χ2n) is 3.76. The molecule has 0 aliphatic heterocycles. The molecule has 2 aromatic rings. The van der Waals surface area contributed by atoms with Crippen LogP contribution in [0.5, 0.6) is 0 Å². The maximum atomic E-state index is 11.3. The van der Waals surface area contributed by atoms with Crippen molar-refractivity contribution >= 4 is 26.5 Å². The first-order chi connectivity index (χ1) is 7.38. The third-order valence-corrected chi connectivity index (χ3v) is 3.51. The quantitative estimate of drug-likeness (QED) is 0.809. The standard InChI is InChI=1S/C11H11NO3S/c1-7(13)11-6-8-5-9(16(2,14)15)3-4-10(8)12-11/h3-6,12H,1-2H3. The summed E-state index contributed by atoms with van der Waals surface area (Å²) >= 11 is 0. The highest BCUT2D eigenvalue weighted by Gasteiger charge is 2.10. The summed E-state index contributed by atoms with van der Waals surface area (Å²) in [5, 5.41) is 0.730. The number of sulfone groups is 1. The monoisotopic (exact) mass is 237 g/mol. The van der Waals surface area contributed by atoms with Crippen molar-refractivity contribution in [3.63, 3.8) is 0 Å². The molecule has 84 valence electrons. The summed E-state index contributed by atoms with van der Waals surface area (Å²) in [6.07, 6.45) is 1.16. The molecule has 1 heterocycles. The fourth-order valence-corrected chi connectivity index (χ4v) is 2.19. The molecule has 0 bridgehead atoms. The minimum atomic E-state index is -3.20. The number of carbonyl (C=O) groups excluding carboxylic acids is 1. The van der Waals surface area contributed by atoms with Crippen LogP contribution in [-0.2, 0) is 9.84 Å². The van der Waals surface area contributed by atoms with E-state index < -0.39 is 9.84 Å². The first-order valence-electron chi connectivity index (χ1n) is 4.72. The zero-order chi connectivity index (χ0) is 11.9. The molecule has 4 nitrogen and oxygen atoms in total. The van der Waals surface area contributed by atoms with Gasteiger partial charge in [0, 0.05) is 24.1 Å². The van der Waals surface area contributed by atoms with Gasteiger partial charge in [0.05, 0.1) is 10.6 Å². The largest absolute Gasteiger partial charge is 0.352 e. The lowest BCUT2D eigenvalue weighted by Crippen LogP contribution is -1.95. The number of aromatic nitrogens is 1. The number of H-pyrrole nitrogens is 1. The Morgan fingerprint density at radius 1 is 1.25 bits per heavy atom.